The Labute approximate surface area is 78.7 Å². The molecule has 1 heterocycles. The van der Waals surface area contributed by atoms with Crippen LogP contribution in [0.5, 0.6) is 0 Å². The van der Waals surface area contributed by atoms with Crippen LogP contribution in [0.4, 0.5) is 0 Å². The van der Waals surface area contributed by atoms with Crippen molar-refractivity contribution in [1.82, 2.24) is 10.2 Å². The fraction of sp³-hybridized carbons (Fsp3) is 0.111. The molecule has 0 amide bonds. The maximum atomic E-state index is 11.3. The van der Waals surface area contributed by atoms with Crippen molar-refractivity contribution in [1.29, 1.82) is 0 Å². The molecule has 0 atom stereocenters. The molecule has 0 saturated carbocycles. The lowest BCUT2D eigenvalue weighted by atomic mass is 10.1. The monoisotopic (exact) mass is 192 g/mol. The first-order chi connectivity index (χ1) is 6.74. The molecule has 0 saturated heterocycles. The molecule has 5 heteroatoms. The number of aromatic amines is 2. The number of H-pyrrole nitrogens is 2. The summed E-state index contributed by atoms with van der Waals surface area (Å²) in [7, 11) is 1.30. The third kappa shape index (κ3) is 1.10. The number of fused-ring (bicyclic) bond motifs is 1. The van der Waals surface area contributed by atoms with Gasteiger partial charge in [-0.05, 0) is 12.1 Å². The molecule has 0 spiro atoms. The van der Waals surface area contributed by atoms with Gasteiger partial charge in [0.2, 0.25) is 0 Å². The van der Waals surface area contributed by atoms with Gasteiger partial charge in [-0.1, -0.05) is 6.07 Å². The first-order valence-electron chi connectivity index (χ1n) is 4.01. The zero-order chi connectivity index (χ0) is 10.1. The second kappa shape index (κ2) is 3.02. The number of methoxy groups -OCH3 is 1. The van der Waals surface area contributed by atoms with Crippen LogP contribution in [-0.2, 0) is 4.74 Å². The molecule has 1 aromatic heterocycles. The first-order valence-corrected chi connectivity index (χ1v) is 4.01. The molecular formula is C9H8N2O3. The van der Waals surface area contributed by atoms with Gasteiger partial charge in [-0.3, -0.25) is 15.0 Å². The third-order valence-corrected chi connectivity index (χ3v) is 2.02. The molecule has 2 aromatic rings. The lowest BCUT2D eigenvalue weighted by Crippen LogP contribution is -2.02. The Morgan fingerprint density at radius 1 is 1.36 bits per heavy atom. The number of benzene rings is 1. The van der Waals surface area contributed by atoms with E-state index in [4.69, 9.17) is 0 Å². The van der Waals surface area contributed by atoms with Gasteiger partial charge in [0.25, 0.3) is 5.56 Å². The van der Waals surface area contributed by atoms with Crippen molar-refractivity contribution >= 4 is 16.9 Å². The molecule has 2 rings (SSSR count). The largest absolute Gasteiger partial charge is 0.465 e. The molecule has 0 radical (unpaired) electrons. The number of para-hydroxylation sites is 1. The molecule has 0 fully saturated rings. The van der Waals surface area contributed by atoms with Crippen molar-refractivity contribution < 1.29 is 9.53 Å². The quantitative estimate of drug-likeness (QED) is 0.651. The van der Waals surface area contributed by atoms with Gasteiger partial charge in [0.15, 0.2) is 0 Å². The van der Waals surface area contributed by atoms with Crippen LogP contribution in [0.15, 0.2) is 23.0 Å². The van der Waals surface area contributed by atoms with Gasteiger partial charge in [0.1, 0.15) is 0 Å². The fourth-order valence-electron chi connectivity index (χ4n) is 1.34. The van der Waals surface area contributed by atoms with E-state index >= 15 is 0 Å². The number of ether oxygens (including phenoxy) is 1. The predicted molar refractivity (Wildman–Crippen MR) is 50.3 cm³/mol. The van der Waals surface area contributed by atoms with Gasteiger partial charge in [0.05, 0.1) is 23.6 Å². The van der Waals surface area contributed by atoms with E-state index in [0.717, 1.165) is 0 Å². The normalized spacial score (nSPS) is 10.4. The second-order valence-corrected chi connectivity index (χ2v) is 2.80. The van der Waals surface area contributed by atoms with Crippen LogP contribution < -0.4 is 5.56 Å². The lowest BCUT2D eigenvalue weighted by molar-refractivity contribution is 0.0603. The number of aromatic nitrogens is 2. The topological polar surface area (TPSA) is 75.0 Å². The summed E-state index contributed by atoms with van der Waals surface area (Å²) in [5, 5.41) is 5.49. The van der Waals surface area contributed by atoms with Crippen LogP contribution in [0.1, 0.15) is 10.4 Å². The molecule has 5 nitrogen and oxygen atoms in total. The third-order valence-electron chi connectivity index (χ3n) is 2.02. The van der Waals surface area contributed by atoms with E-state index in [2.05, 4.69) is 14.9 Å². The number of rotatable bonds is 1. The Bertz CT molecular complexity index is 538. The van der Waals surface area contributed by atoms with E-state index in [1.54, 1.807) is 18.2 Å². The second-order valence-electron chi connectivity index (χ2n) is 2.80. The first kappa shape index (κ1) is 8.55. The number of hydrogen-bond donors (Lipinski definition) is 2. The molecule has 2 N–H and O–H groups in total. The fourth-order valence-corrected chi connectivity index (χ4v) is 1.34. The lowest BCUT2D eigenvalue weighted by Gasteiger charge is -1.98. The highest BCUT2D eigenvalue weighted by Crippen LogP contribution is 2.13. The van der Waals surface area contributed by atoms with Gasteiger partial charge in [0, 0.05) is 0 Å². The van der Waals surface area contributed by atoms with Crippen molar-refractivity contribution in [3.63, 3.8) is 0 Å². The molecule has 0 aliphatic carbocycles. The smallest absolute Gasteiger partial charge is 0.340 e. The van der Waals surface area contributed by atoms with E-state index in [1.807, 2.05) is 0 Å². The van der Waals surface area contributed by atoms with Crippen LogP contribution >= 0.6 is 0 Å². The Morgan fingerprint density at radius 3 is 2.86 bits per heavy atom. The summed E-state index contributed by atoms with van der Waals surface area (Å²) < 4.78 is 4.58. The van der Waals surface area contributed by atoms with Gasteiger partial charge in [-0.2, -0.15) is 0 Å². The molecule has 14 heavy (non-hydrogen) atoms. The summed E-state index contributed by atoms with van der Waals surface area (Å²) in [5.74, 6) is -0.467. The van der Waals surface area contributed by atoms with E-state index in [9.17, 15) is 9.59 Å². The zero-order valence-corrected chi connectivity index (χ0v) is 7.46. The highest BCUT2D eigenvalue weighted by molar-refractivity contribution is 6.02. The zero-order valence-electron chi connectivity index (χ0n) is 7.46. The predicted octanol–water partition coefficient (Wildman–Crippen LogP) is 0.643. The molecule has 0 bridgehead atoms. The minimum Gasteiger partial charge on any atom is -0.465 e. The van der Waals surface area contributed by atoms with Gasteiger partial charge in [-0.25, -0.2) is 4.79 Å². The maximum absolute atomic E-state index is 11.3. The Morgan fingerprint density at radius 2 is 2.14 bits per heavy atom. The van der Waals surface area contributed by atoms with E-state index in [1.165, 1.54) is 7.11 Å². The van der Waals surface area contributed by atoms with Crippen molar-refractivity contribution in [2.45, 2.75) is 0 Å². The molecule has 0 aliphatic rings. The van der Waals surface area contributed by atoms with Crippen LogP contribution in [0.2, 0.25) is 0 Å². The van der Waals surface area contributed by atoms with Gasteiger partial charge >= 0.3 is 5.97 Å². The highest BCUT2D eigenvalue weighted by Gasteiger charge is 2.12. The number of carbonyl (C=O) groups is 1. The summed E-state index contributed by atoms with van der Waals surface area (Å²) in [6, 6.07) is 4.87. The Balaban J connectivity index is 2.78. The summed E-state index contributed by atoms with van der Waals surface area (Å²) in [6.07, 6.45) is 0. The van der Waals surface area contributed by atoms with Crippen LogP contribution in [0, 0.1) is 0 Å². The van der Waals surface area contributed by atoms with Gasteiger partial charge < -0.3 is 4.74 Å². The summed E-state index contributed by atoms with van der Waals surface area (Å²) in [6.45, 7) is 0. The summed E-state index contributed by atoms with van der Waals surface area (Å²) >= 11 is 0. The maximum Gasteiger partial charge on any atom is 0.340 e. The summed E-state index contributed by atoms with van der Waals surface area (Å²) in [4.78, 5) is 22.5. The van der Waals surface area contributed by atoms with Crippen LogP contribution in [0.3, 0.4) is 0 Å². The Hall–Kier alpha value is -2.04. The summed E-state index contributed by atoms with van der Waals surface area (Å²) in [5.41, 5.74) is 0.582. The van der Waals surface area contributed by atoms with Crippen molar-refractivity contribution in [2.75, 3.05) is 7.11 Å². The number of nitrogens with one attached hydrogen (secondary N) is 2. The highest BCUT2D eigenvalue weighted by atomic mass is 16.5. The van der Waals surface area contributed by atoms with Crippen molar-refractivity contribution in [3.05, 3.63) is 34.1 Å². The minimum atomic E-state index is -0.467. The van der Waals surface area contributed by atoms with Gasteiger partial charge in [-0.15, -0.1) is 0 Å². The number of carbonyl (C=O) groups excluding carboxylic acids is 1. The van der Waals surface area contributed by atoms with Crippen molar-refractivity contribution in [3.8, 4) is 0 Å². The molecule has 0 aliphatic heterocycles. The standard InChI is InChI=1S/C9H8N2O3/c1-14-9(13)6-4-2-3-5-7(6)10-11-8(5)12/h2-4H,1H3,(H2,10,11,12). The van der Waals surface area contributed by atoms with E-state index in [0.29, 0.717) is 16.5 Å². The number of hydrogen-bond acceptors (Lipinski definition) is 3. The molecule has 0 unspecified atom stereocenters. The van der Waals surface area contributed by atoms with Crippen LogP contribution in [-0.4, -0.2) is 23.3 Å². The van der Waals surface area contributed by atoms with Crippen LogP contribution in [0.25, 0.3) is 10.9 Å². The van der Waals surface area contributed by atoms with E-state index < -0.39 is 5.97 Å². The SMILES string of the molecule is COC(=O)c1cccc2c(=O)[nH][nH]c12. The number of esters is 1. The minimum absolute atomic E-state index is 0.245. The molecular weight excluding hydrogens is 184 g/mol. The Kier molecular flexibility index (Phi) is 1.85. The average Bonchev–Trinajstić information content (AvgIpc) is 2.59. The molecule has 1 aromatic carbocycles. The van der Waals surface area contributed by atoms with E-state index in [-0.39, 0.29) is 5.56 Å². The van der Waals surface area contributed by atoms with Crippen molar-refractivity contribution in [2.24, 2.45) is 0 Å². The molecule has 72 valence electrons. The average molecular weight is 192 g/mol.